The molecule has 31 heavy (non-hydrogen) atoms. The summed E-state index contributed by atoms with van der Waals surface area (Å²) in [4.78, 5) is 28.0. The van der Waals surface area contributed by atoms with E-state index in [1.54, 1.807) is 36.4 Å². The van der Waals surface area contributed by atoms with Gasteiger partial charge in [0, 0.05) is 21.5 Å². The van der Waals surface area contributed by atoms with Crippen LogP contribution in [-0.2, 0) is 4.79 Å². The Hall–Kier alpha value is -2.93. The van der Waals surface area contributed by atoms with Gasteiger partial charge in [-0.25, -0.2) is 4.39 Å². The van der Waals surface area contributed by atoms with Gasteiger partial charge >= 0.3 is 0 Å². The fraction of sp³-hybridized carbons (Fsp3) is 0.250. The highest BCUT2D eigenvalue weighted by molar-refractivity contribution is 9.10. The molecule has 2 heterocycles. The highest BCUT2D eigenvalue weighted by Gasteiger charge is 2.48. The van der Waals surface area contributed by atoms with E-state index in [4.69, 9.17) is 4.42 Å². The normalized spacial score (nSPS) is 19.7. The first-order valence-electron chi connectivity index (χ1n) is 10.2. The molecule has 1 N–H and O–H groups in total. The summed E-state index contributed by atoms with van der Waals surface area (Å²) in [5.74, 6) is -2.42. The Morgan fingerprint density at radius 2 is 1.87 bits per heavy atom. The molecule has 0 radical (unpaired) electrons. The van der Waals surface area contributed by atoms with E-state index in [1.165, 1.54) is 11.0 Å². The minimum Gasteiger partial charge on any atom is -0.503 e. The van der Waals surface area contributed by atoms with Gasteiger partial charge in [-0.05, 0) is 43.2 Å². The molecule has 0 spiro atoms. The topological polar surface area (TPSA) is 70.8 Å². The number of amides is 1. The Morgan fingerprint density at radius 1 is 1.13 bits per heavy atom. The van der Waals surface area contributed by atoms with Crippen molar-refractivity contribution in [3.8, 4) is 0 Å². The van der Waals surface area contributed by atoms with Gasteiger partial charge in [0.15, 0.2) is 11.5 Å². The second kappa shape index (κ2) is 7.64. The minimum atomic E-state index is -0.996. The van der Waals surface area contributed by atoms with E-state index in [-0.39, 0.29) is 22.9 Å². The minimum absolute atomic E-state index is 0.00272. The van der Waals surface area contributed by atoms with Crippen molar-refractivity contribution in [2.45, 2.75) is 37.8 Å². The van der Waals surface area contributed by atoms with E-state index >= 15 is 0 Å². The molecule has 1 saturated carbocycles. The van der Waals surface area contributed by atoms with Gasteiger partial charge in [0.25, 0.3) is 5.91 Å². The summed E-state index contributed by atoms with van der Waals surface area (Å²) in [7, 11) is 0. The van der Waals surface area contributed by atoms with Crippen molar-refractivity contribution in [2.75, 3.05) is 0 Å². The van der Waals surface area contributed by atoms with E-state index in [1.807, 2.05) is 6.07 Å². The molecule has 2 aromatic carbocycles. The number of aliphatic hydroxyl groups is 1. The molecule has 5 nitrogen and oxygen atoms in total. The number of fused-ring (bicyclic) bond motifs is 1. The van der Waals surface area contributed by atoms with Crippen molar-refractivity contribution in [1.82, 2.24) is 4.90 Å². The summed E-state index contributed by atoms with van der Waals surface area (Å²) in [6.07, 6.45) is 3.40. The van der Waals surface area contributed by atoms with Crippen LogP contribution in [0.1, 0.15) is 47.8 Å². The summed E-state index contributed by atoms with van der Waals surface area (Å²) < 4.78 is 21.4. The summed E-state index contributed by atoms with van der Waals surface area (Å²) in [6.45, 7) is 0. The molecule has 7 heteroatoms. The highest BCUT2D eigenvalue weighted by atomic mass is 79.9. The van der Waals surface area contributed by atoms with E-state index in [2.05, 4.69) is 15.9 Å². The zero-order valence-corrected chi connectivity index (χ0v) is 18.1. The first kappa shape index (κ1) is 20.0. The molecule has 1 fully saturated rings. The zero-order valence-electron chi connectivity index (χ0n) is 16.5. The van der Waals surface area contributed by atoms with Gasteiger partial charge in [-0.3, -0.25) is 9.59 Å². The molecule has 1 atom stereocenters. The van der Waals surface area contributed by atoms with Crippen molar-refractivity contribution < 1.29 is 23.5 Å². The molecule has 158 valence electrons. The lowest BCUT2D eigenvalue weighted by Crippen LogP contribution is -2.39. The highest BCUT2D eigenvalue weighted by Crippen LogP contribution is 2.44. The summed E-state index contributed by atoms with van der Waals surface area (Å²) in [6, 6.07) is 11.8. The largest absolute Gasteiger partial charge is 0.503 e. The van der Waals surface area contributed by atoms with Crippen LogP contribution in [0.4, 0.5) is 4.39 Å². The third-order valence-corrected chi connectivity index (χ3v) is 6.60. The fourth-order valence-electron chi connectivity index (χ4n) is 4.68. The Balaban J connectivity index is 1.64. The molecule has 0 bridgehead atoms. The molecule has 1 unspecified atom stereocenters. The second-order valence-corrected chi connectivity index (χ2v) is 8.87. The SMILES string of the molecule is O=C(C1=C(O)C(=O)N(C2CCCC2)C1c1ccccc1F)c1cc2cc(Br)ccc2o1. The van der Waals surface area contributed by atoms with Gasteiger partial charge in [0.05, 0.1) is 11.6 Å². The maximum atomic E-state index is 14.8. The maximum Gasteiger partial charge on any atom is 0.290 e. The van der Waals surface area contributed by atoms with Gasteiger partial charge in [-0.1, -0.05) is 47.0 Å². The Kier molecular flexibility index (Phi) is 4.93. The predicted octanol–water partition coefficient (Wildman–Crippen LogP) is 5.86. The molecule has 1 aromatic heterocycles. The molecule has 0 saturated heterocycles. The van der Waals surface area contributed by atoms with Gasteiger partial charge in [0.1, 0.15) is 11.4 Å². The quantitative estimate of drug-likeness (QED) is 0.472. The lowest BCUT2D eigenvalue weighted by atomic mass is 9.93. The number of ketones is 1. The predicted molar refractivity (Wildman–Crippen MR) is 116 cm³/mol. The zero-order chi connectivity index (χ0) is 21.7. The number of halogens is 2. The van der Waals surface area contributed by atoms with Crippen molar-refractivity contribution in [1.29, 1.82) is 0 Å². The molecular weight excluding hydrogens is 465 g/mol. The third kappa shape index (κ3) is 3.28. The molecule has 2 aliphatic rings. The fourth-order valence-corrected chi connectivity index (χ4v) is 5.05. The molecule has 1 aliphatic carbocycles. The van der Waals surface area contributed by atoms with E-state index < -0.39 is 29.3 Å². The molecule has 1 aliphatic heterocycles. The number of hydrogen-bond donors (Lipinski definition) is 1. The van der Waals surface area contributed by atoms with Crippen molar-refractivity contribution >= 4 is 38.6 Å². The van der Waals surface area contributed by atoms with Crippen LogP contribution in [0.5, 0.6) is 0 Å². The van der Waals surface area contributed by atoms with Crippen molar-refractivity contribution in [2.24, 2.45) is 0 Å². The third-order valence-electron chi connectivity index (χ3n) is 6.11. The Bertz CT molecular complexity index is 1240. The van der Waals surface area contributed by atoms with Gasteiger partial charge in [-0.2, -0.15) is 0 Å². The van der Waals surface area contributed by atoms with Crippen LogP contribution in [-0.4, -0.2) is 27.7 Å². The van der Waals surface area contributed by atoms with Crippen LogP contribution in [0, 0.1) is 5.82 Å². The number of benzene rings is 2. The van der Waals surface area contributed by atoms with Crippen molar-refractivity contribution in [3.05, 3.63) is 81.5 Å². The first-order chi connectivity index (χ1) is 15.0. The van der Waals surface area contributed by atoms with Gasteiger partial charge < -0.3 is 14.4 Å². The van der Waals surface area contributed by atoms with Gasteiger partial charge in [0.2, 0.25) is 5.78 Å². The molecule has 1 amide bonds. The number of hydrogen-bond acceptors (Lipinski definition) is 4. The summed E-state index contributed by atoms with van der Waals surface area (Å²) in [5, 5.41) is 11.5. The molecule has 3 aromatic rings. The summed E-state index contributed by atoms with van der Waals surface area (Å²) >= 11 is 3.39. The number of carbonyl (C=O) groups is 2. The molecular formula is C24H19BrFNO4. The average Bonchev–Trinajstić information content (AvgIpc) is 3.47. The van der Waals surface area contributed by atoms with Crippen LogP contribution in [0.2, 0.25) is 0 Å². The van der Waals surface area contributed by atoms with Crippen LogP contribution < -0.4 is 0 Å². The first-order valence-corrected chi connectivity index (χ1v) is 11.0. The van der Waals surface area contributed by atoms with E-state index in [9.17, 15) is 19.1 Å². The van der Waals surface area contributed by atoms with Crippen molar-refractivity contribution in [3.63, 3.8) is 0 Å². The van der Waals surface area contributed by atoms with Crippen LogP contribution >= 0.6 is 15.9 Å². The Labute approximate surface area is 186 Å². The Morgan fingerprint density at radius 3 is 2.61 bits per heavy atom. The van der Waals surface area contributed by atoms with Crippen LogP contribution in [0.3, 0.4) is 0 Å². The number of rotatable bonds is 4. The number of carbonyl (C=O) groups excluding carboxylic acids is 2. The van der Waals surface area contributed by atoms with Crippen LogP contribution in [0.25, 0.3) is 11.0 Å². The number of aliphatic hydroxyl groups excluding tert-OH is 1. The molecule has 5 rings (SSSR count). The number of nitrogens with zero attached hydrogens (tertiary/aromatic N) is 1. The van der Waals surface area contributed by atoms with E-state index in [0.717, 1.165) is 30.2 Å². The number of Topliss-reactive ketones (excluding diaryl/α,β-unsaturated/α-hetero) is 1. The van der Waals surface area contributed by atoms with E-state index in [0.29, 0.717) is 11.0 Å². The monoisotopic (exact) mass is 483 g/mol. The van der Waals surface area contributed by atoms with Gasteiger partial charge in [-0.15, -0.1) is 0 Å². The second-order valence-electron chi connectivity index (χ2n) is 7.96. The summed E-state index contributed by atoms with van der Waals surface area (Å²) in [5.41, 5.74) is 0.556. The smallest absolute Gasteiger partial charge is 0.290 e. The maximum absolute atomic E-state index is 14.8. The lowest BCUT2D eigenvalue weighted by molar-refractivity contribution is -0.131. The standard InChI is InChI=1S/C24H19BrFNO4/c25-14-9-10-18-13(11-14)12-19(31-18)22(28)20-21(16-7-3-4-8-17(16)26)27(24(30)23(20)29)15-5-1-2-6-15/h3-4,7-12,15,21,29H,1-2,5-6H2. The van der Waals surface area contributed by atoms with Crippen LogP contribution in [0.15, 0.2) is 68.8 Å². The lowest BCUT2D eigenvalue weighted by Gasteiger charge is -2.32. The number of furan rings is 1. The average molecular weight is 484 g/mol.